The minimum absolute atomic E-state index is 0.0952. The first-order valence-electron chi connectivity index (χ1n) is 12.1. The molecule has 0 aliphatic heterocycles. The van der Waals surface area contributed by atoms with Crippen LogP contribution in [0.1, 0.15) is 48.4 Å². The van der Waals surface area contributed by atoms with E-state index in [9.17, 15) is 22.0 Å². The first-order chi connectivity index (χ1) is 17.9. The Labute approximate surface area is 212 Å². The van der Waals surface area contributed by atoms with Crippen molar-refractivity contribution in [1.29, 1.82) is 0 Å². The average molecular weight is 509 g/mol. The third-order valence-corrected chi connectivity index (χ3v) is 6.06. The van der Waals surface area contributed by atoms with Crippen molar-refractivity contribution in [3.63, 3.8) is 0 Å². The molecule has 4 aromatic carbocycles. The van der Waals surface area contributed by atoms with Gasteiger partial charge < -0.3 is 4.74 Å². The molecule has 6 heteroatoms. The Balaban J connectivity index is 1.44. The molecule has 0 spiro atoms. The zero-order valence-corrected chi connectivity index (χ0v) is 20.3. The van der Waals surface area contributed by atoms with Gasteiger partial charge in [0, 0.05) is 17.0 Å². The number of hydrogen-bond acceptors (Lipinski definition) is 1. The zero-order valence-electron chi connectivity index (χ0n) is 20.3. The predicted octanol–water partition coefficient (Wildman–Crippen LogP) is 8.29. The highest BCUT2D eigenvalue weighted by Gasteiger charge is 2.12. The molecule has 0 fully saturated rings. The van der Waals surface area contributed by atoms with Crippen molar-refractivity contribution in [2.75, 3.05) is 6.61 Å². The van der Waals surface area contributed by atoms with Crippen LogP contribution in [0.5, 0.6) is 5.75 Å². The highest BCUT2D eigenvalue weighted by molar-refractivity contribution is 5.84. The lowest BCUT2D eigenvalue weighted by atomic mass is 10.0. The predicted molar refractivity (Wildman–Crippen MR) is 135 cm³/mol. The maximum absolute atomic E-state index is 14.7. The van der Waals surface area contributed by atoms with Gasteiger partial charge in [-0.1, -0.05) is 49.8 Å². The molecule has 0 atom stereocenters. The molecule has 0 saturated heterocycles. The molecule has 4 aromatic rings. The molecule has 190 valence electrons. The number of aryl methyl sites for hydroxylation is 2. The number of rotatable bonds is 8. The van der Waals surface area contributed by atoms with Crippen LogP contribution in [0.15, 0.2) is 60.7 Å². The van der Waals surface area contributed by atoms with Crippen molar-refractivity contribution in [2.24, 2.45) is 0 Å². The van der Waals surface area contributed by atoms with Crippen LogP contribution in [0.4, 0.5) is 22.0 Å². The molecule has 0 N–H and O–H groups in total. The van der Waals surface area contributed by atoms with Crippen LogP contribution in [0.2, 0.25) is 0 Å². The summed E-state index contributed by atoms with van der Waals surface area (Å²) in [6.45, 7) is 2.62. The first kappa shape index (κ1) is 26.2. The van der Waals surface area contributed by atoms with E-state index >= 15 is 0 Å². The fourth-order valence-electron chi connectivity index (χ4n) is 4.01. The largest absolute Gasteiger partial charge is 0.493 e. The Morgan fingerprint density at radius 2 is 1.49 bits per heavy atom. The van der Waals surface area contributed by atoms with Crippen molar-refractivity contribution in [3.05, 3.63) is 112 Å². The standard InChI is InChI=1S/C31H25F5O/c1-2-3-4-15-37-24-11-9-22(28(33)19-24)8-5-21-17-29(34)26(30(35)18-21)13-7-20-6-12-25-23(16-20)10-14-27(32)31(25)36/h6,9-12,14,16-19H,2-5,8,15H2,1H3. The van der Waals surface area contributed by atoms with Gasteiger partial charge in [-0.15, -0.1) is 0 Å². The Kier molecular flexibility index (Phi) is 8.45. The van der Waals surface area contributed by atoms with Crippen molar-refractivity contribution in [3.8, 4) is 17.6 Å². The fourth-order valence-corrected chi connectivity index (χ4v) is 4.01. The normalized spacial score (nSPS) is 10.9. The van der Waals surface area contributed by atoms with Gasteiger partial charge in [-0.25, -0.2) is 22.0 Å². The van der Waals surface area contributed by atoms with E-state index in [1.165, 1.54) is 42.5 Å². The number of ether oxygens (including phenoxy) is 1. The summed E-state index contributed by atoms with van der Waals surface area (Å²) in [5.41, 5.74) is 0.806. The molecular formula is C31H25F5O. The third kappa shape index (κ3) is 6.48. The highest BCUT2D eigenvalue weighted by atomic mass is 19.2. The molecule has 0 unspecified atom stereocenters. The zero-order chi connectivity index (χ0) is 26.4. The van der Waals surface area contributed by atoms with Crippen molar-refractivity contribution in [2.45, 2.75) is 39.0 Å². The SMILES string of the molecule is CCCCCOc1ccc(CCc2cc(F)c(C#Cc3ccc4c(F)c(F)ccc4c3)c(F)c2)c(F)c1. The van der Waals surface area contributed by atoms with Crippen molar-refractivity contribution < 1.29 is 26.7 Å². The van der Waals surface area contributed by atoms with Gasteiger partial charge in [0.15, 0.2) is 11.6 Å². The summed E-state index contributed by atoms with van der Waals surface area (Å²) in [4.78, 5) is 0. The molecule has 1 nitrogen and oxygen atoms in total. The van der Waals surface area contributed by atoms with Crippen LogP contribution in [0, 0.1) is 40.9 Å². The molecule has 4 rings (SSSR count). The number of unbranched alkanes of at least 4 members (excludes halogenated alkanes) is 2. The average Bonchev–Trinajstić information content (AvgIpc) is 2.88. The quantitative estimate of drug-likeness (QED) is 0.132. The Morgan fingerprint density at radius 3 is 2.22 bits per heavy atom. The van der Waals surface area contributed by atoms with Crippen LogP contribution in [-0.2, 0) is 12.8 Å². The second-order valence-electron chi connectivity index (χ2n) is 8.79. The van der Waals surface area contributed by atoms with Crippen molar-refractivity contribution >= 4 is 10.8 Å². The molecule has 0 bridgehead atoms. The number of benzene rings is 4. The van der Waals surface area contributed by atoms with E-state index in [-0.39, 0.29) is 18.2 Å². The first-order valence-corrected chi connectivity index (χ1v) is 12.1. The van der Waals surface area contributed by atoms with E-state index in [4.69, 9.17) is 4.74 Å². The number of fused-ring (bicyclic) bond motifs is 1. The smallest absolute Gasteiger partial charge is 0.166 e. The molecule has 0 heterocycles. The molecule has 37 heavy (non-hydrogen) atoms. The Morgan fingerprint density at radius 1 is 0.703 bits per heavy atom. The van der Waals surface area contributed by atoms with Gasteiger partial charge in [0.1, 0.15) is 23.2 Å². The lowest BCUT2D eigenvalue weighted by molar-refractivity contribution is 0.304. The van der Waals surface area contributed by atoms with E-state index in [2.05, 4.69) is 18.8 Å². The van der Waals surface area contributed by atoms with Gasteiger partial charge in [-0.05, 0) is 72.2 Å². The van der Waals surface area contributed by atoms with Gasteiger partial charge >= 0.3 is 0 Å². The van der Waals surface area contributed by atoms with Crippen LogP contribution >= 0.6 is 0 Å². The topological polar surface area (TPSA) is 9.23 Å². The van der Waals surface area contributed by atoms with E-state index < -0.39 is 34.6 Å². The number of halogens is 5. The summed E-state index contributed by atoms with van der Waals surface area (Å²) in [5, 5.41) is 0.517. The van der Waals surface area contributed by atoms with Gasteiger partial charge in [0.2, 0.25) is 0 Å². The second kappa shape index (κ2) is 11.9. The van der Waals surface area contributed by atoms with E-state index in [0.717, 1.165) is 25.3 Å². The lowest BCUT2D eigenvalue weighted by Crippen LogP contribution is -2.01. The Hall–Kier alpha value is -3.85. The fraction of sp³-hybridized carbons (Fsp3) is 0.226. The van der Waals surface area contributed by atoms with Gasteiger partial charge in [0.25, 0.3) is 0 Å². The maximum atomic E-state index is 14.7. The minimum atomic E-state index is -0.962. The molecule has 0 aliphatic carbocycles. The lowest BCUT2D eigenvalue weighted by Gasteiger charge is -2.09. The summed E-state index contributed by atoms with van der Waals surface area (Å²) in [6.07, 6.45) is 3.52. The third-order valence-electron chi connectivity index (χ3n) is 6.06. The van der Waals surface area contributed by atoms with E-state index in [1.54, 1.807) is 12.1 Å². The molecule has 0 radical (unpaired) electrons. The Bertz CT molecular complexity index is 1460. The highest BCUT2D eigenvalue weighted by Crippen LogP contribution is 2.23. The summed E-state index contributed by atoms with van der Waals surface area (Å²) < 4.78 is 76.6. The van der Waals surface area contributed by atoms with Crippen molar-refractivity contribution in [1.82, 2.24) is 0 Å². The van der Waals surface area contributed by atoms with Crippen LogP contribution in [-0.4, -0.2) is 6.61 Å². The maximum Gasteiger partial charge on any atom is 0.166 e. The second-order valence-corrected chi connectivity index (χ2v) is 8.79. The van der Waals surface area contributed by atoms with Gasteiger partial charge in [-0.3, -0.25) is 0 Å². The summed E-state index contributed by atoms with van der Waals surface area (Å²) in [7, 11) is 0. The van der Waals surface area contributed by atoms with Crippen LogP contribution in [0.3, 0.4) is 0 Å². The summed E-state index contributed by atoms with van der Waals surface area (Å²) in [6, 6.07) is 13.8. The summed E-state index contributed by atoms with van der Waals surface area (Å²) >= 11 is 0. The molecule has 0 saturated carbocycles. The molecule has 0 aromatic heterocycles. The summed E-state index contributed by atoms with van der Waals surface area (Å²) in [5.74, 6) is 1.63. The number of hydrogen-bond donors (Lipinski definition) is 0. The van der Waals surface area contributed by atoms with Crippen LogP contribution < -0.4 is 4.74 Å². The van der Waals surface area contributed by atoms with Crippen LogP contribution in [0.25, 0.3) is 10.8 Å². The van der Waals surface area contributed by atoms with Gasteiger partial charge in [-0.2, -0.15) is 0 Å². The van der Waals surface area contributed by atoms with E-state index in [1.807, 2.05) is 0 Å². The molecular weight excluding hydrogens is 483 g/mol. The minimum Gasteiger partial charge on any atom is -0.493 e. The monoisotopic (exact) mass is 508 g/mol. The molecule has 0 amide bonds. The molecule has 0 aliphatic rings. The van der Waals surface area contributed by atoms with E-state index in [0.29, 0.717) is 34.4 Å². The van der Waals surface area contributed by atoms with Gasteiger partial charge in [0.05, 0.1) is 12.2 Å².